The maximum absolute atomic E-state index is 12.8. The Morgan fingerprint density at radius 2 is 1.75 bits per heavy atom. The third kappa shape index (κ3) is 2.98. The quantitative estimate of drug-likeness (QED) is 0.564. The molecule has 0 spiro atoms. The summed E-state index contributed by atoms with van der Waals surface area (Å²) < 4.78 is 66.4. The number of aromatic nitrogens is 4. The van der Waals surface area contributed by atoms with Crippen LogP contribution in [0.4, 0.5) is 13.2 Å². The lowest BCUT2D eigenvalue weighted by molar-refractivity contribution is -0.137. The molecule has 144 valence electrons. The predicted molar refractivity (Wildman–Crippen MR) is 95.0 cm³/mol. The second kappa shape index (κ2) is 6.24. The number of pyridine rings is 1. The average Bonchev–Trinajstić information content (AvgIpc) is 3.15. The number of halogens is 3. The first-order chi connectivity index (χ1) is 13.2. The first-order valence-electron chi connectivity index (χ1n) is 7.97. The highest BCUT2D eigenvalue weighted by Gasteiger charge is 2.30. The van der Waals surface area contributed by atoms with Crippen molar-refractivity contribution in [2.45, 2.75) is 11.1 Å². The van der Waals surface area contributed by atoms with Crippen molar-refractivity contribution in [3.8, 4) is 11.1 Å². The summed E-state index contributed by atoms with van der Waals surface area (Å²) in [5.74, 6) is 0. The highest BCUT2D eigenvalue weighted by molar-refractivity contribution is 7.89. The molecule has 0 saturated carbocycles. The van der Waals surface area contributed by atoms with Gasteiger partial charge in [0.15, 0.2) is 5.65 Å². The van der Waals surface area contributed by atoms with Crippen molar-refractivity contribution in [3.63, 3.8) is 0 Å². The van der Waals surface area contributed by atoms with Gasteiger partial charge in [-0.1, -0.05) is 18.2 Å². The van der Waals surface area contributed by atoms with Crippen LogP contribution in [0.1, 0.15) is 5.56 Å². The third-order valence-corrected chi connectivity index (χ3v) is 5.77. The van der Waals surface area contributed by atoms with Gasteiger partial charge in [0.2, 0.25) is 10.0 Å². The zero-order valence-corrected chi connectivity index (χ0v) is 15.1. The van der Waals surface area contributed by atoms with Crippen molar-refractivity contribution in [1.29, 1.82) is 0 Å². The Labute approximate surface area is 156 Å². The van der Waals surface area contributed by atoms with Gasteiger partial charge in [-0.25, -0.2) is 13.1 Å². The molecule has 0 aliphatic rings. The molecule has 11 heteroatoms. The van der Waals surface area contributed by atoms with E-state index in [0.717, 1.165) is 12.1 Å². The van der Waals surface area contributed by atoms with Crippen LogP contribution in [0.3, 0.4) is 0 Å². The predicted octanol–water partition coefficient (Wildman–Crippen LogP) is 2.87. The van der Waals surface area contributed by atoms with Crippen molar-refractivity contribution in [3.05, 3.63) is 54.1 Å². The van der Waals surface area contributed by atoms with Gasteiger partial charge in [-0.05, 0) is 58.9 Å². The number of tetrazole rings is 1. The van der Waals surface area contributed by atoms with Crippen molar-refractivity contribution >= 4 is 26.6 Å². The smallest absolute Gasteiger partial charge is 0.214 e. The Kier molecular flexibility index (Phi) is 4.08. The lowest BCUT2D eigenvalue weighted by Crippen LogP contribution is -2.18. The Morgan fingerprint density at radius 1 is 1.04 bits per heavy atom. The molecule has 7 nitrogen and oxygen atoms in total. The van der Waals surface area contributed by atoms with Gasteiger partial charge in [-0.2, -0.15) is 17.7 Å². The molecular formula is C17H12F3N5O2S. The van der Waals surface area contributed by atoms with E-state index in [2.05, 4.69) is 20.2 Å². The summed E-state index contributed by atoms with van der Waals surface area (Å²) in [5.41, 5.74) is 1.09. The minimum atomic E-state index is -4.43. The van der Waals surface area contributed by atoms with Gasteiger partial charge in [-0.15, -0.1) is 5.10 Å². The summed E-state index contributed by atoms with van der Waals surface area (Å²) in [6, 6.07) is 10.7. The zero-order chi connectivity index (χ0) is 20.1. The maximum Gasteiger partial charge on any atom is 0.416 e. The topological polar surface area (TPSA) is 89.2 Å². The van der Waals surface area contributed by atoms with E-state index in [4.69, 9.17) is 0 Å². The van der Waals surface area contributed by atoms with Gasteiger partial charge in [0, 0.05) is 5.39 Å². The van der Waals surface area contributed by atoms with Crippen molar-refractivity contribution in [1.82, 2.24) is 24.8 Å². The highest BCUT2D eigenvalue weighted by atomic mass is 32.2. The fraction of sp³-hybridized carbons (Fsp3) is 0.118. The molecule has 0 unspecified atom stereocenters. The monoisotopic (exact) mass is 407 g/mol. The minimum Gasteiger partial charge on any atom is -0.214 e. The van der Waals surface area contributed by atoms with E-state index >= 15 is 0 Å². The molecule has 0 aliphatic carbocycles. The van der Waals surface area contributed by atoms with Gasteiger partial charge in [0.05, 0.1) is 16.0 Å². The minimum absolute atomic E-state index is 0.0175. The van der Waals surface area contributed by atoms with Gasteiger partial charge < -0.3 is 0 Å². The fourth-order valence-electron chi connectivity index (χ4n) is 2.94. The molecule has 28 heavy (non-hydrogen) atoms. The summed E-state index contributed by atoms with van der Waals surface area (Å²) >= 11 is 0. The van der Waals surface area contributed by atoms with E-state index in [1.165, 1.54) is 35.8 Å². The summed E-state index contributed by atoms with van der Waals surface area (Å²) in [6.07, 6.45) is -4.43. The molecule has 0 aliphatic heterocycles. The van der Waals surface area contributed by atoms with Crippen LogP contribution in [0.5, 0.6) is 0 Å². The van der Waals surface area contributed by atoms with Gasteiger partial charge >= 0.3 is 6.18 Å². The number of alkyl halides is 3. The average molecular weight is 407 g/mol. The molecule has 0 amide bonds. The summed E-state index contributed by atoms with van der Waals surface area (Å²) in [4.78, 5) is 0.0175. The summed E-state index contributed by atoms with van der Waals surface area (Å²) in [5, 5.41) is 11.9. The second-order valence-electron chi connectivity index (χ2n) is 5.97. The maximum atomic E-state index is 12.8. The summed E-state index contributed by atoms with van der Waals surface area (Å²) in [7, 11) is -2.40. The van der Waals surface area contributed by atoms with Crippen LogP contribution in [0.2, 0.25) is 0 Å². The SMILES string of the molecule is CNS(=O)(=O)c1ccc2c(-c3ccc(C(F)(F)F)cc3)cc3nnnn3c2c1. The van der Waals surface area contributed by atoms with E-state index in [-0.39, 0.29) is 4.90 Å². The molecular weight excluding hydrogens is 395 g/mol. The number of fused-ring (bicyclic) bond motifs is 3. The number of rotatable bonds is 3. The largest absolute Gasteiger partial charge is 0.416 e. The molecule has 4 rings (SSSR count). The highest BCUT2D eigenvalue weighted by Crippen LogP contribution is 2.34. The van der Waals surface area contributed by atoms with Crippen LogP contribution in [0.25, 0.3) is 27.7 Å². The third-order valence-electron chi connectivity index (χ3n) is 4.36. The molecule has 0 radical (unpaired) electrons. The number of sulfonamides is 1. The van der Waals surface area contributed by atoms with E-state index in [1.807, 2.05) is 0 Å². The normalized spacial score (nSPS) is 12.7. The number of benzene rings is 2. The van der Waals surface area contributed by atoms with Gasteiger partial charge in [0.1, 0.15) is 0 Å². The number of hydrogen-bond donors (Lipinski definition) is 1. The first-order valence-corrected chi connectivity index (χ1v) is 9.45. The fourth-order valence-corrected chi connectivity index (χ4v) is 3.69. The van der Waals surface area contributed by atoms with Crippen LogP contribution in [0.15, 0.2) is 53.4 Å². The Bertz CT molecular complexity index is 1300. The molecule has 4 aromatic rings. The molecule has 0 atom stereocenters. The van der Waals surface area contributed by atoms with Gasteiger partial charge in [-0.3, -0.25) is 0 Å². The standard InChI is InChI=1S/C17H12F3N5O2S/c1-21-28(26,27)12-6-7-13-14(9-16-22-23-24-25(16)15(13)8-12)10-2-4-11(5-3-10)17(18,19)20/h2-9,21H,1H3. The van der Waals surface area contributed by atoms with Crippen molar-refractivity contribution in [2.24, 2.45) is 0 Å². The first kappa shape index (κ1) is 18.3. The zero-order valence-electron chi connectivity index (χ0n) is 14.3. The van der Waals surface area contributed by atoms with Crippen molar-refractivity contribution in [2.75, 3.05) is 7.05 Å². The lowest BCUT2D eigenvalue weighted by atomic mass is 10.00. The van der Waals surface area contributed by atoms with Gasteiger partial charge in [0.25, 0.3) is 0 Å². The molecule has 2 heterocycles. The Balaban J connectivity index is 1.98. The molecule has 0 saturated heterocycles. The van der Waals surface area contributed by atoms with Crippen LogP contribution in [0, 0.1) is 0 Å². The van der Waals surface area contributed by atoms with Crippen LogP contribution in [-0.4, -0.2) is 35.5 Å². The van der Waals surface area contributed by atoms with Crippen LogP contribution in [-0.2, 0) is 16.2 Å². The van der Waals surface area contributed by atoms with Crippen LogP contribution < -0.4 is 4.72 Å². The molecule has 0 bridgehead atoms. The molecule has 1 N–H and O–H groups in total. The Morgan fingerprint density at radius 3 is 2.39 bits per heavy atom. The van der Waals surface area contributed by atoms with Crippen molar-refractivity contribution < 1.29 is 21.6 Å². The molecule has 2 aromatic carbocycles. The van der Waals surface area contributed by atoms with Crippen LogP contribution >= 0.6 is 0 Å². The summed E-state index contributed by atoms with van der Waals surface area (Å²) in [6.45, 7) is 0. The number of nitrogens with one attached hydrogen (secondary N) is 1. The van der Waals surface area contributed by atoms with E-state index in [9.17, 15) is 21.6 Å². The lowest BCUT2D eigenvalue weighted by Gasteiger charge is -2.11. The molecule has 0 fully saturated rings. The van der Waals surface area contributed by atoms with E-state index in [0.29, 0.717) is 27.7 Å². The second-order valence-corrected chi connectivity index (χ2v) is 7.86. The Hall–Kier alpha value is -3.05. The number of hydrogen-bond acceptors (Lipinski definition) is 5. The number of nitrogens with zero attached hydrogens (tertiary/aromatic N) is 4. The van der Waals surface area contributed by atoms with E-state index in [1.54, 1.807) is 12.1 Å². The molecule has 2 aromatic heterocycles. The van der Waals surface area contributed by atoms with E-state index < -0.39 is 21.8 Å².